The van der Waals surface area contributed by atoms with E-state index in [0.717, 1.165) is 30.3 Å². The molecule has 3 aromatic rings. The summed E-state index contributed by atoms with van der Waals surface area (Å²) in [6.45, 7) is 3.46. The Labute approximate surface area is 152 Å². The molecule has 0 spiro atoms. The number of nitrogens with zero attached hydrogens (tertiary/aromatic N) is 2. The number of benzene rings is 1. The molecule has 0 bridgehead atoms. The normalized spacial score (nSPS) is 20.5. The first-order valence-electron chi connectivity index (χ1n) is 9.12. The molecule has 4 rings (SSSR count). The number of likely N-dealkylation sites (tertiary alicyclic amines) is 1. The molecule has 26 heavy (non-hydrogen) atoms. The second-order valence-electron chi connectivity index (χ2n) is 7.07. The Morgan fingerprint density at radius 2 is 2.15 bits per heavy atom. The number of amides is 1. The van der Waals surface area contributed by atoms with Gasteiger partial charge in [0.15, 0.2) is 5.76 Å². The molecule has 1 fully saturated rings. The van der Waals surface area contributed by atoms with Gasteiger partial charge in [-0.25, -0.2) is 4.98 Å². The van der Waals surface area contributed by atoms with Gasteiger partial charge in [-0.2, -0.15) is 0 Å². The molecule has 1 aromatic carbocycles. The minimum atomic E-state index is 0.0266. The first-order chi connectivity index (χ1) is 12.7. The molecule has 5 heteroatoms. The summed E-state index contributed by atoms with van der Waals surface area (Å²) in [5, 5.41) is 0.863. The maximum Gasteiger partial charge on any atom is 0.254 e. The molecule has 134 valence electrons. The van der Waals surface area contributed by atoms with Gasteiger partial charge in [0, 0.05) is 24.5 Å². The van der Waals surface area contributed by atoms with Gasteiger partial charge in [-0.3, -0.25) is 4.79 Å². The van der Waals surface area contributed by atoms with Gasteiger partial charge in [-0.15, -0.1) is 0 Å². The zero-order chi connectivity index (χ0) is 18.1. The number of para-hydroxylation sites is 1. The van der Waals surface area contributed by atoms with E-state index in [2.05, 4.69) is 11.9 Å². The molecule has 1 amide bonds. The number of aromatic nitrogens is 1. The average molecular weight is 349 g/mol. The molecule has 2 atom stereocenters. The Morgan fingerprint density at radius 3 is 2.92 bits per heavy atom. The average Bonchev–Trinajstić information content (AvgIpc) is 3.21. The number of rotatable bonds is 3. The summed E-state index contributed by atoms with van der Waals surface area (Å²) in [6.07, 6.45) is 3.58. The summed E-state index contributed by atoms with van der Waals surface area (Å²) in [5.41, 5.74) is 8.10. The van der Waals surface area contributed by atoms with Crippen molar-refractivity contribution in [3.63, 3.8) is 0 Å². The molecule has 1 aliphatic rings. The van der Waals surface area contributed by atoms with E-state index in [-0.39, 0.29) is 11.9 Å². The summed E-state index contributed by atoms with van der Waals surface area (Å²) in [5.74, 6) is 1.28. The van der Waals surface area contributed by atoms with Gasteiger partial charge >= 0.3 is 0 Å². The van der Waals surface area contributed by atoms with E-state index in [0.29, 0.717) is 29.5 Å². The smallest absolute Gasteiger partial charge is 0.254 e. The minimum absolute atomic E-state index is 0.0266. The summed E-state index contributed by atoms with van der Waals surface area (Å²) in [6, 6.07) is 13.4. The Bertz CT molecular complexity index is 920. The van der Waals surface area contributed by atoms with Crippen molar-refractivity contribution in [1.82, 2.24) is 9.88 Å². The molecule has 0 saturated carbocycles. The van der Waals surface area contributed by atoms with Crippen LogP contribution in [0.15, 0.2) is 53.1 Å². The molecule has 2 aromatic heterocycles. The SMILES string of the molecule is CC1CCN(C(=O)c2cc(-c3ccco3)nc3ccccc23)C(CN)C1. The fraction of sp³-hybridized carbons (Fsp3) is 0.333. The number of nitrogens with two attached hydrogens (primary N) is 1. The van der Waals surface area contributed by atoms with Crippen molar-refractivity contribution in [2.24, 2.45) is 11.7 Å². The fourth-order valence-electron chi connectivity index (χ4n) is 3.80. The van der Waals surface area contributed by atoms with Crippen LogP contribution in [0.4, 0.5) is 0 Å². The van der Waals surface area contributed by atoms with Crippen LogP contribution in [0.5, 0.6) is 0 Å². The monoisotopic (exact) mass is 349 g/mol. The van der Waals surface area contributed by atoms with Gasteiger partial charge in [0.1, 0.15) is 5.69 Å². The Balaban J connectivity index is 1.80. The van der Waals surface area contributed by atoms with Gasteiger partial charge in [-0.05, 0) is 43.0 Å². The number of fused-ring (bicyclic) bond motifs is 1. The number of piperidine rings is 1. The maximum absolute atomic E-state index is 13.4. The van der Waals surface area contributed by atoms with Gasteiger partial charge in [-0.1, -0.05) is 25.1 Å². The zero-order valence-corrected chi connectivity index (χ0v) is 14.9. The predicted molar refractivity (Wildman–Crippen MR) is 102 cm³/mol. The Hall–Kier alpha value is -2.66. The molecule has 5 nitrogen and oxygen atoms in total. The molecule has 3 heterocycles. The third-order valence-electron chi connectivity index (χ3n) is 5.23. The largest absolute Gasteiger partial charge is 0.463 e. The first-order valence-corrected chi connectivity index (χ1v) is 9.12. The van der Waals surface area contributed by atoms with E-state index < -0.39 is 0 Å². The topological polar surface area (TPSA) is 72.4 Å². The molecule has 2 unspecified atom stereocenters. The predicted octanol–water partition coefficient (Wildman–Crippen LogP) is 3.69. The number of hydrogen-bond acceptors (Lipinski definition) is 4. The van der Waals surface area contributed by atoms with Gasteiger partial charge in [0.2, 0.25) is 0 Å². The van der Waals surface area contributed by atoms with Crippen molar-refractivity contribution in [2.45, 2.75) is 25.8 Å². The van der Waals surface area contributed by atoms with Crippen LogP contribution < -0.4 is 5.73 Å². The molecular formula is C21H23N3O2. The minimum Gasteiger partial charge on any atom is -0.463 e. The number of carbonyl (C=O) groups is 1. The van der Waals surface area contributed by atoms with Crippen LogP contribution in [0.2, 0.25) is 0 Å². The van der Waals surface area contributed by atoms with Crippen LogP contribution in [-0.2, 0) is 0 Å². The highest BCUT2D eigenvalue weighted by molar-refractivity contribution is 6.07. The van der Waals surface area contributed by atoms with E-state index in [1.165, 1.54) is 0 Å². The van der Waals surface area contributed by atoms with Crippen LogP contribution in [-0.4, -0.2) is 34.9 Å². The second-order valence-corrected chi connectivity index (χ2v) is 7.07. The molecule has 1 saturated heterocycles. The fourth-order valence-corrected chi connectivity index (χ4v) is 3.80. The second kappa shape index (κ2) is 6.92. The lowest BCUT2D eigenvalue weighted by molar-refractivity contribution is 0.0575. The van der Waals surface area contributed by atoms with Gasteiger partial charge in [0.25, 0.3) is 5.91 Å². The molecule has 0 radical (unpaired) electrons. The van der Waals surface area contributed by atoms with Crippen LogP contribution in [0.1, 0.15) is 30.1 Å². The molecule has 2 N–H and O–H groups in total. The van der Waals surface area contributed by atoms with E-state index in [9.17, 15) is 4.79 Å². The molecular weight excluding hydrogens is 326 g/mol. The molecule has 1 aliphatic heterocycles. The Morgan fingerprint density at radius 1 is 1.31 bits per heavy atom. The number of pyridine rings is 1. The van der Waals surface area contributed by atoms with E-state index in [4.69, 9.17) is 10.2 Å². The summed E-state index contributed by atoms with van der Waals surface area (Å²) in [7, 11) is 0. The van der Waals surface area contributed by atoms with Crippen LogP contribution in [0.25, 0.3) is 22.4 Å². The van der Waals surface area contributed by atoms with Gasteiger partial charge < -0.3 is 15.1 Å². The lowest BCUT2D eigenvalue weighted by atomic mass is 9.91. The number of hydrogen-bond donors (Lipinski definition) is 1. The van der Waals surface area contributed by atoms with E-state index >= 15 is 0 Å². The van der Waals surface area contributed by atoms with Crippen LogP contribution >= 0.6 is 0 Å². The zero-order valence-electron chi connectivity index (χ0n) is 14.9. The first kappa shape index (κ1) is 16.8. The Kier molecular flexibility index (Phi) is 4.47. The van der Waals surface area contributed by atoms with Crippen molar-refractivity contribution in [1.29, 1.82) is 0 Å². The summed E-state index contributed by atoms with van der Waals surface area (Å²) in [4.78, 5) is 20.0. The highest BCUT2D eigenvalue weighted by Gasteiger charge is 2.30. The van der Waals surface area contributed by atoms with Crippen molar-refractivity contribution >= 4 is 16.8 Å². The lowest BCUT2D eigenvalue weighted by Crippen LogP contribution is -2.49. The quantitative estimate of drug-likeness (QED) is 0.783. The number of carbonyl (C=O) groups excluding carboxylic acids is 1. The van der Waals surface area contributed by atoms with E-state index in [1.807, 2.05) is 47.4 Å². The third kappa shape index (κ3) is 2.99. The highest BCUT2D eigenvalue weighted by Crippen LogP contribution is 2.29. The summed E-state index contributed by atoms with van der Waals surface area (Å²) < 4.78 is 5.50. The lowest BCUT2D eigenvalue weighted by Gasteiger charge is -2.38. The third-order valence-corrected chi connectivity index (χ3v) is 5.23. The van der Waals surface area contributed by atoms with Crippen molar-refractivity contribution in [3.8, 4) is 11.5 Å². The summed E-state index contributed by atoms with van der Waals surface area (Å²) >= 11 is 0. The standard InChI is InChI=1S/C21H23N3O2/c1-14-8-9-24(15(11-14)13-22)21(25)17-12-19(20-7-4-10-26-20)23-18-6-3-2-5-16(17)18/h2-7,10,12,14-15H,8-9,11,13,22H2,1H3. The highest BCUT2D eigenvalue weighted by atomic mass is 16.3. The maximum atomic E-state index is 13.4. The van der Waals surface area contributed by atoms with E-state index in [1.54, 1.807) is 6.26 Å². The molecule has 0 aliphatic carbocycles. The van der Waals surface area contributed by atoms with Crippen molar-refractivity contribution in [2.75, 3.05) is 13.1 Å². The number of furan rings is 1. The van der Waals surface area contributed by atoms with Crippen molar-refractivity contribution < 1.29 is 9.21 Å². The van der Waals surface area contributed by atoms with Crippen LogP contribution in [0, 0.1) is 5.92 Å². The van der Waals surface area contributed by atoms with Crippen molar-refractivity contribution in [3.05, 3.63) is 54.3 Å². The van der Waals surface area contributed by atoms with Crippen LogP contribution in [0.3, 0.4) is 0 Å². The van der Waals surface area contributed by atoms with Gasteiger partial charge in [0.05, 0.1) is 17.3 Å².